The fourth-order valence-electron chi connectivity index (χ4n) is 9.61. The molecule has 0 amide bonds. The summed E-state index contributed by atoms with van der Waals surface area (Å²) in [5.74, 6) is -22.9. The lowest BCUT2D eigenvalue weighted by Gasteiger charge is -2.20. The van der Waals surface area contributed by atoms with E-state index in [0.717, 1.165) is 30.3 Å². The van der Waals surface area contributed by atoms with Crippen LogP contribution in [0.4, 0.5) is 52.7 Å². The fraction of sp³-hybridized carbons (Fsp3) is 0.0667. The highest BCUT2D eigenvalue weighted by Gasteiger charge is 2.35. The van der Waals surface area contributed by atoms with Crippen molar-refractivity contribution >= 4 is 44.1 Å². The first-order chi connectivity index (χ1) is 40.6. The van der Waals surface area contributed by atoms with E-state index in [1.165, 1.54) is 22.9 Å². The molecule has 8 aromatic carbocycles. The first-order valence-electron chi connectivity index (χ1n) is 25.0. The molecular formula is C60H30F12N8O4. The minimum absolute atomic E-state index is 0.0274. The zero-order chi connectivity index (χ0) is 58.2. The molecule has 5 heterocycles. The number of halogens is 12. The number of hydrogen-bond donors (Lipinski definition) is 1. The summed E-state index contributed by atoms with van der Waals surface area (Å²) in [7, 11) is 0. The number of rotatable bonds is 12. The summed E-state index contributed by atoms with van der Waals surface area (Å²) < 4.78 is 199. The molecule has 1 N–H and O–H groups in total. The van der Waals surface area contributed by atoms with Gasteiger partial charge < -0.3 is 24.0 Å². The van der Waals surface area contributed by atoms with E-state index in [2.05, 4.69) is 4.98 Å². The molecule has 2 aliphatic rings. The van der Waals surface area contributed by atoms with Gasteiger partial charge >= 0.3 is 0 Å². The van der Waals surface area contributed by atoms with E-state index in [-0.39, 0.29) is 67.8 Å². The van der Waals surface area contributed by atoms with E-state index < -0.39 is 119 Å². The number of aromatic nitrogens is 8. The number of H-pyrrole nitrogens is 1. The average Bonchev–Trinajstić information content (AvgIpc) is 2.33. The van der Waals surface area contributed by atoms with Gasteiger partial charge in [-0.15, -0.1) is 4.73 Å². The minimum Gasteiger partial charge on any atom is -0.484 e. The Labute approximate surface area is 462 Å². The number of benzene rings is 8. The van der Waals surface area contributed by atoms with Crippen LogP contribution in [-0.4, -0.2) is 39.6 Å². The summed E-state index contributed by atoms with van der Waals surface area (Å²) in [5, 5.41) is 0.583. The van der Waals surface area contributed by atoms with Crippen LogP contribution in [0, 0.1) is 64.0 Å². The quantitative estimate of drug-likeness (QED) is 0.0715. The largest absolute Gasteiger partial charge is 0.484 e. The summed E-state index contributed by atoms with van der Waals surface area (Å²) in [6.07, 6.45) is -3.57. The van der Waals surface area contributed by atoms with Crippen molar-refractivity contribution < 1.29 is 71.7 Å². The molecule has 84 heavy (non-hydrogen) atoms. The molecule has 12 nitrogen and oxygen atoms in total. The number of alkyl halides is 1. The Morgan fingerprint density at radius 3 is 1.55 bits per heavy atom. The Hall–Kier alpha value is -10.5. The van der Waals surface area contributed by atoms with E-state index in [1.807, 2.05) is 0 Å². The normalized spacial score (nSPS) is 12.1. The molecule has 3 aromatic heterocycles. The number of hydrogen-bond acceptors (Lipinski definition) is 10. The summed E-state index contributed by atoms with van der Waals surface area (Å²) in [6, 6.07) is 30.4. The van der Waals surface area contributed by atoms with Crippen LogP contribution in [0.25, 0.3) is 89.7 Å². The Morgan fingerprint density at radius 1 is 0.429 bits per heavy atom. The maximum Gasteiger partial charge on any atom is 0.270 e. The predicted molar refractivity (Wildman–Crippen MR) is 278 cm³/mol. The van der Waals surface area contributed by atoms with Crippen LogP contribution in [-0.2, 0) is 19.8 Å². The summed E-state index contributed by atoms with van der Waals surface area (Å²) in [6.45, 7) is -2.07. The first kappa shape index (κ1) is 52.8. The van der Waals surface area contributed by atoms with Crippen molar-refractivity contribution in [3.63, 3.8) is 0 Å². The van der Waals surface area contributed by atoms with Crippen LogP contribution in [0.2, 0.25) is 0 Å². The fourth-order valence-corrected chi connectivity index (χ4v) is 9.61. The van der Waals surface area contributed by atoms with Gasteiger partial charge in [0.05, 0.1) is 5.39 Å². The zero-order valence-corrected chi connectivity index (χ0v) is 42.2. The van der Waals surface area contributed by atoms with E-state index in [4.69, 9.17) is 49.0 Å². The third-order valence-corrected chi connectivity index (χ3v) is 13.7. The second-order valence-electron chi connectivity index (χ2n) is 18.8. The molecule has 0 saturated heterocycles. The van der Waals surface area contributed by atoms with E-state index in [1.54, 1.807) is 72.8 Å². The highest BCUT2D eigenvalue weighted by atomic mass is 19.2. The summed E-state index contributed by atoms with van der Waals surface area (Å²) in [4.78, 5) is 39.2. The smallest absolute Gasteiger partial charge is 0.270 e. The van der Waals surface area contributed by atoms with Crippen LogP contribution >= 0.6 is 0 Å². The molecule has 0 fully saturated rings. The average molecular weight is 1150 g/mol. The molecule has 0 radical (unpaired) electrons. The summed E-state index contributed by atoms with van der Waals surface area (Å²) >= 11 is 0. The van der Waals surface area contributed by atoms with Crippen molar-refractivity contribution in [3.05, 3.63) is 220 Å². The number of fused-ring (bicyclic) bond motifs is 20. The zero-order valence-electron chi connectivity index (χ0n) is 42.2. The minimum atomic E-state index is -3.57. The third-order valence-electron chi connectivity index (χ3n) is 13.7. The number of nitrogens with zero attached hydrogens (tertiary/aromatic N) is 7. The topological polar surface area (TPSA) is 135 Å². The number of ether oxygens (including phenoxy) is 3. The van der Waals surface area contributed by atoms with Gasteiger partial charge in [-0.1, -0.05) is 84.9 Å². The van der Waals surface area contributed by atoms with Crippen LogP contribution in [0.3, 0.4) is 0 Å². The van der Waals surface area contributed by atoms with Gasteiger partial charge in [0.1, 0.15) is 54.1 Å². The maximum absolute atomic E-state index is 16.7. The van der Waals surface area contributed by atoms with E-state index >= 15 is 22.0 Å². The maximum atomic E-state index is 16.7. The second kappa shape index (κ2) is 20.8. The Bertz CT molecular complexity index is 4710. The SMILES string of the molecule is Fc1ccc(COc2c(OCc3ccc(F)c(F)c3F)c(OC(F)c3c(F)c(F)c(F)c(F)c3F)cc3c4nc5nc(nc6c7ccccc7c(nc7nc(nc([nH]4)c23)-c2ccccc2-7)n6OCc2ccc(F)cc2F)-c2ccccc2-5)cc1. The Balaban J connectivity index is 1.14. The van der Waals surface area contributed by atoms with Crippen LogP contribution in [0.15, 0.2) is 133 Å². The molecular weight excluding hydrogens is 1120 g/mol. The highest BCUT2D eigenvalue weighted by molar-refractivity contribution is 6.11. The van der Waals surface area contributed by atoms with Gasteiger partial charge in [0.2, 0.25) is 11.6 Å². The van der Waals surface area contributed by atoms with Gasteiger partial charge in [0.25, 0.3) is 6.36 Å². The summed E-state index contributed by atoms with van der Waals surface area (Å²) in [5.41, 5.74) is -1.26. The van der Waals surface area contributed by atoms with Gasteiger partial charge in [0.15, 0.2) is 86.8 Å². The van der Waals surface area contributed by atoms with Crippen molar-refractivity contribution in [2.75, 3.05) is 0 Å². The van der Waals surface area contributed by atoms with Crippen molar-refractivity contribution in [2.24, 2.45) is 0 Å². The molecule has 418 valence electrons. The monoisotopic (exact) mass is 1150 g/mol. The van der Waals surface area contributed by atoms with Gasteiger partial charge in [-0.3, -0.25) is 0 Å². The van der Waals surface area contributed by atoms with Crippen LogP contribution in [0.1, 0.15) is 28.6 Å². The molecule has 0 spiro atoms. The van der Waals surface area contributed by atoms with Gasteiger partial charge in [-0.2, -0.15) is 4.39 Å². The number of nitrogens with one attached hydrogen (secondary N) is 1. The third kappa shape index (κ3) is 9.10. The molecule has 0 saturated carbocycles. The highest BCUT2D eigenvalue weighted by Crippen LogP contribution is 2.50. The van der Waals surface area contributed by atoms with Gasteiger partial charge in [-0.05, 0) is 48.0 Å². The molecule has 11 aromatic rings. The predicted octanol–water partition coefficient (Wildman–Crippen LogP) is 14.7. The van der Waals surface area contributed by atoms with Crippen LogP contribution in [0.5, 0.6) is 17.2 Å². The Morgan fingerprint density at radius 2 is 0.952 bits per heavy atom. The van der Waals surface area contributed by atoms with Crippen LogP contribution < -0.4 is 19.0 Å². The first-order valence-corrected chi connectivity index (χ1v) is 25.0. The molecule has 8 bridgehead atoms. The molecule has 2 aliphatic heterocycles. The van der Waals surface area contributed by atoms with Gasteiger partial charge in [-0.25, -0.2) is 78.2 Å². The molecule has 13 rings (SSSR count). The second-order valence-corrected chi connectivity index (χ2v) is 18.8. The van der Waals surface area contributed by atoms with Crippen molar-refractivity contribution in [1.82, 2.24) is 39.6 Å². The van der Waals surface area contributed by atoms with Crippen molar-refractivity contribution in [1.29, 1.82) is 0 Å². The lowest BCUT2D eigenvalue weighted by molar-refractivity contribution is 0.0534. The number of aromatic amines is 1. The van der Waals surface area contributed by atoms with E-state index in [0.29, 0.717) is 45.2 Å². The van der Waals surface area contributed by atoms with Crippen molar-refractivity contribution in [3.8, 4) is 62.8 Å². The standard InChI is InChI=1S/C60H30F12N8O4/c61-29-17-13-26(14-18-29)23-81-51-41-37(22-40(50(51)82-24-28-16-20-38(63)44(66)43(28)65)84-52(72)42-45(67)47(69)49(71)48(70)46(42)68)57-75-53-31-7-1-3-9-33(31)55(73-53)78-59-35-11-5-6-12-36(35)60(80(59)83-25-27-15-19-30(62)21-39(27)64)79-56-34-10-4-2-8-32(34)54(74-56)76-58(41)77-57/h1-22,52H,23-25H2,(H,73,74,75,76,77,78,79). The van der Waals surface area contributed by atoms with Crippen molar-refractivity contribution in [2.45, 2.75) is 26.2 Å². The van der Waals surface area contributed by atoms with E-state index in [9.17, 15) is 30.7 Å². The van der Waals surface area contributed by atoms with Gasteiger partial charge in [0, 0.05) is 55.6 Å². The molecule has 1 atom stereocenters. The lowest BCUT2D eigenvalue weighted by Crippen LogP contribution is -2.14. The lowest BCUT2D eigenvalue weighted by atomic mass is 10.1. The Kier molecular flexibility index (Phi) is 13.1. The molecule has 24 heteroatoms. The molecule has 0 aliphatic carbocycles. The molecule has 1 unspecified atom stereocenters.